The van der Waals surface area contributed by atoms with Crippen molar-refractivity contribution in [1.29, 1.82) is 0 Å². The van der Waals surface area contributed by atoms with E-state index in [2.05, 4.69) is 10.4 Å². The van der Waals surface area contributed by atoms with E-state index in [-0.39, 0.29) is 6.10 Å². The van der Waals surface area contributed by atoms with Crippen molar-refractivity contribution in [3.05, 3.63) is 11.6 Å². The molecule has 5 nitrogen and oxygen atoms in total. The molecule has 2 aliphatic rings. The molecular weight excluding hydrogens is 216 g/mol. The second-order valence-electron chi connectivity index (χ2n) is 4.96. The summed E-state index contributed by atoms with van der Waals surface area (Å²) in [5.74, 6) is 2.52. The zero-order chi connectivity index (χ0) is 11.7. The number of ether oxygens (including phenoxy) is 1. The molecule has 5 heteroatoms. The molecule has 3 heterocycles. The molecule has 2 aliphatic heterocycles. The topological polar surface area (TPSA) is 52.0 Å². The summed E-state index contributed by atoms with van der Waals surface area (Å²) in [7, 11) is 1.76. The van der Waals surface area contributed by atoms with Gasteiger partial charge in [0.1, 0.15) is 6.10 Å². The highest BCUT2D eigenvalue weighted by molar-refractivity contribution is 5.05. The number of piperidine rings is 1. The molecule has 1 fully saturated rings. The monoisotopic (exact) mass is 236 g/mol. The summed E-state index contributed by atoms with van der Waals surface area (Å²) in [6, 6.07) is 0. The van der Waals surface area contributed by atoms with Crippen molar-refractivity contribution in [1.82, 2.24) is 20.1 Å². The van der Waals surface area contributed by atoms with E-state index in [1.165, 1.54) is 12.8 Å². The van der Waals surface area contributed by atoms with Gasteiger partial charge in [0.25, 0.3) is 0 Å². The van der Waals surface area contributed by atoms with Crippen LogP contribution in [0.2, 0.25) is 0 Å². The highest BCUT2D eigenvalue weighted by Crippen LogP contribution is 2.28. The lowest BCUT2D eigenvalue weighted by Gasteiger charge is -2.20. The van der Waals surface area contributed by atoms with Gasteiger partial charge in [-0.15, -0.1) is 0 Å². The van der Waals surface area contributed by atoms with Gasteiger partial charge in [-0.25, -0.2) is 9.67 Å². The number of aryl methyl sites for hydroxylation is 1. The number of methoxy groups -OCH3 is 1. The molecule has 94 valence electrons. The molecule has 1 aromatic rings. The van der Waals surface area contributed by atoms with Crippen molar-refractivity contribution >= 4 is 0 Å². The van der Waals surface area contributed by atoms with Crippen LogP contribution in [0.4, 0.5) is 0 Å². The van der Waals surface area contributed by atoms with Gasteiger partial charge in [0.15, 0.2) is 11.6 Å². The lowest BCUT2D eigenvalue weighted by atomic mass is 9.99. The second kappa shape index (κ2) is 4.74. The lowest BCUT2D eigenvalue weighted by molar-refractivity contribution is 0.0697. The van der Waals surface area contributed by atoms with Crippen LogP contribution in [0.3, 0.4) is 0 Å². The summed E-state index contributed by atoms with van der Waals surface area (Å²) < 4.78 is 7.52. The molecule has 1 aromatic heterocycles. The number of hydrogen-bond donors (Lipinski definition) is 1. The summed E-state index contributed by atoms with van der Waals surface area (Å²) in [4.78, 5) is 4.71. The number of rotatable bonds is 2. The van der Waals surface area contributed by atoms with Crippen molar-refractivity contribution in [2.45, 2.75) is 44.2 Å². The van der Waals surface area contributed by atoms with Gasteiger partial charge in [-0.1, -0.05) is 0 Å². The Morgan fingerprint density at radius 1 is 1.35 bits per heavy atom. The minimum atomic E-state index is 0.140. The van der Waals surface area contributed by atoms with Crippen LogP contribution in [-0.4, -0.2) is 35.0 Å². The molecular formula is C12H20N4O. The smallest absolute Gasteiger partial charge is 0.156 e. The third-order valence-electron chi connectivity index (χ3n) is 3.79. The van der Waals surface area contributed by atoms with Crippen molar-refractivity contribution in [3.8, 4) is 0 Å². The molecule has 0 bridgehead atoms. The van der Waals surface area contributed by atoms with Gasteiger partial charge < -0.3 is 10.1 Å². The van der Waals surface area contributed by atoms with Gasteiger partial charge in [-0.2, -0.15) is 5.10 Å². The van der Waals surface area contributed by atoms with E-state index < -0.39 is 0 Å². The predicted molar refractivity (Wildman–Crippen MR) is 63.9 cm³/mol. The molecule has 1 saturated heterocycles. The highest BCUT2D eigenvalue weighted by atomic mass is 16.5. The van der Waals surface area contributed by atoms with Gasteiger partial charge in [0.2, 0.25) is 0 Å². The standard InChI is InChI=1S/C12H20N4O/c1-17-10-5-3-7-16-12(10)14-11(15-16)9-4-2-6-13-8-9/h9-10,13H,2-8H2,1H3. The fourth-order valence-corrected chi connectivity index (χ4v) is 2.80. The molecule has 3 rings (SSSR count). The Balaban J connectivity index is 1.84. The average Bonchev–Trinajstić information content (AvgIpc) is 2.83. The molecule has 0 radical (unpaired) electrons. The SMILES string of the molecule is COC1CCCn2nc(C3CCCNC3)nc21. The molecule has 0 saturated carbocycles. The van der Waals surface area contributed by atoms with Crippen LogP contribution in [0.5, 0.6) is 0 Å². The predicted octanol–water partition coefficient (Wildman–Crippen LogP) is 1.23. The fraction of sp³-hybridized carbons (Fsp3) is 0.833. The highest BCUT2D eigenvalue weighted by Gasteiger charge is 2.27. The first-order valence-corrected chi connectivity index (χ1v) is 6.56. The van der Waals surface area contributed by atoms with Gasteiger partial charge >= 0.3 is 0 Å². The second-order valence-corrected chi connectivity index (χ2v) is 4.96. The van der Waals surface area contributed by atoms with Crippen LogP contribution in [0.1, 0.15) is 49.4 Å². The first-order chi connectivity index (χ1) is 8.38. The first-order valence-electron chi connectivity index (χ1n) is 6.56. The average molecular weight is 236 g/mol. The number of aromatic nitrogens is 3. The first kappa shape index (κ1) is 11.2. The van der Waals surface area contributed by atoms with Crippen LogP contribution in [-0.2, 0) is 11.3 Å². The largest absolute Gasteiger partial charge is 0.373 e. The summed E-state index contributed by atoms with van der Waals surface area (Å²) >= 11 is 0. The quantitative estimate of drug-likeness (QED) is 0.839. The Morgan fingerprint density at radius 2 is 2.29 bits per heavy atom. The molecule has 0 amide bonds. The van der Waals surface area contributed by atoms with E-state index in [0.29, 0.717) is 5.92 Å². The number of nitrogens with zero attached hydrogens (tertiary/aromatic N) is 3. The summed E-state index contributed by atoms with van der Waals surface area (Å²) in [5, 5.41) is 8.08. The Labute approximate surface area is 102 Å². The lowest BCUT2D eigenvalue weighted by Crippen LogP contribution is -2.29. The van der Waals surface area contributed by atoms with Gasteiger partial charge in [-0.3, -0.25) is 0 Å². The minimum absolute atomic E-state index is 0.140. The van der Waals surface area contributed by atoms with E-state index in [1.807, 2.05) is 4.68 Å². The number of nitrogens with one attached hydrogen (secondary N) is 1. The minimum Gasteiger partial charge on any atom is -0.373 e. The van der Waals surface area contributed by atoms with Crippen molar-refractivity contribution in [2.24, 2.45) is 0 Å². The Bertz CT molecular complexity index is 384. The molecule has 0 aliphatic carbocycles. The van der Waals surface area contributed by atoms with Crippen molar-refractivity contribution in [2.75, 3.05) is 20.2 Å². The zero-order valence-corrected chi connectivity index (χ0v) is 10.4. The summed E-state index contributed by atoms with van der Waals surface area (Å²) in [6.07, 6.45) is 4.77. The Kier molecular flexibility index (Phi) is 3.11. The molecule has 1 N–H and O–H groups in total. The van der Waals surface area contributed by atoms with E-state index in [1.54, 1.807) is 7.11 Å². The Hall–Kier alpha value is -0.940. The molecule has 2 unspecified atom stereocenters. The zero-order valence-electron chi connectivity index (χ0n) is 10.4. The van der Waals surface area contributed by atoms with Gasteiger partial charge in [0, 0.05) is 26.1 Å². The fourth-order valence-electron chi connectivity index (χ4n) is 2.80. The normalized spacial score (nSPS) is 29.0. The summed E-state index contributed by atoms with van der Waals surface area (Å²) in [6.45, 7) is 3.13. The maximum Gasteiger partial charge on any atom is 0.156 e. The van der Waals surface area contributed by atoms with E-state index in [0.717, 1.165) is 44.1 Å². The number of fused-ring (bicyclic) bond motifs is 1. The van der Waals surface area contributed by atoms with Crippen LogP contribution in [0.25, 0.3) is 0 Å². The van der Waals surface area contributed by atoms with Crippen molar-refractivity contribution in [3.63, 3.8) is 0 Å². The van der Waals surface area contributed by atoms with Crippen LogP contribution < -0.4 is 5.32 Å². The van der Waals surface area contributed by atoms with Gasteiger partial charge in [0.05, 0.1) is 0 Å². The third kappa shape index (κ3) is 2.09. The summed E-state index contributed by atoms with van der Waals surface area (Å²) in [5.41, 5.74) is 0. The van der Waals surface area contributed by atoms with Crippen LogP contribution >= 0.6 is 0 Å². The molecule has 2 atom stereocenters. The van der Waals surface area contributed by atoms with Gasteiger partial charge in [-0.05, 0) is 32.2 Å². The van der Waals surface area contributed by atoms with E-state index in [4.69, 9.17) is 9.72 Å². The number of hydrogen-bond acceptors (Lipinski definition) is 4. The maximum absolute atomic E-state index is 5.48. The molecule has 0 spiro atoms. The molecule has 0 aromatic carbocycles. The van der Waals surface area contributed by atoms with E-state index >= 15 is 0 Å². The maximum atomic E-state index is 5.48. The van der Waals surface area contributed by atoms with Crippen LogP contribution in [0.15, 0.2) is 0 Å². The Morgan fingerprint density at radius 3 is 3.06 bits per heavy atom. The molecule has 17 heavy (non-hydrogen) atoms. The van der Waals surface area contributed by atoms with E-state index in [9.17, 15) is 0 Å². The van der Waals surface area contributed by atoms with Crippen LogP contribution in [0, 0.1) is 0 Å². The third-order valence-corrected chi connectivity index (χ3v) is 3.79. The van der Waals surface area contributed by atoms with Crippen molar-refractivity contribution < 1.29 is 4.74 Å².